The maximum Gasteiger partial charge on any atom is 0.417 e. The summed E-state index contributed by atoms with van der Waals surface area (Å²) in [6.07, 6.45) is -2.26. The van der Waals surface area contributed by atoms with Gasteiger partial charge in [0.2, 0.25) is 0 Å². The molecule has 2 nitrogen and oxygen atoms in total. The summed E-state index contributed by atoms with van der Waals surface area (Å²) in [7, 11) is 0. The smallest absolute Gasteiger partial charge is 0.370 e. The summed E-state index contributed by atoms with van der Waals surface area (Å²) >= 11 is 0. The molecule has 0 radical (unpaired) electrons. The minimum absolute atomic E-state index is 0.507. The van der Waals surface area contributed by atoms with Crippen LogP contribution in [0.2, 0.25) is 0 Å². The molecule has 0 aromatic carbocycles. The molecule has 2 rings (SSSR count). The second kappa shape index (κ2) is 3.96. The third-order valence-corrected chi connectivity index (χ3v) is 2.91. The molecule has 16 heavy (non-hydrogen) atoms. The van der Waals surface area contributed by atoms with Gasteiger partial charge in [-0.05, 0) is 30.4 Å². The van der Waals surface area contributed by atoms with Crippen LogP contribution in [0.5, 0.6) is 0 Å². The van der Waals surface area contributed by atoms with E-state index in [1.54, 1.807) is 0 Å². The Morgan fingerprint density at radius 3 is 2.56 bits per heavy atom. The van der Waals surface area contributed by atoms with E-state index in [2.05, 4.69) is 17.2 Å². The maximum atomic E-state index is 12.2. The van der Waals surface area contributed by atoms with Crippen molar-refractivity contribution in [2.75, 3.05) is 11.9 Å². The first-order valence-corrected chi connectivity index (χ1v) is 5.24. The SMILES string of the molecule is CC1CC1CNc1ccc(C(F)(F)F)cn1. The Bertz CT molecular complexity index is 358. The van der Waals surface area contributed by atoms with Crippen LogP contribution >= 0.6 is 0 Å². The summed E-state index contributed by atoms with van der Waals surface area (Å²) in [5.41, 5.74) is -0.710. The molecule has 1 aromatic rings. The number of alkyl halides is 3. The molecular formula is C11H13F3N2. The lowest BCUT2D eigenvalue weighted by Gasteiger charge is -2.08. The molecule has 0 spiro atoms. The highest BCUT2D eigenvalue weighted by Gasteiger charge is 2.32. The molecule has 0 aliphatic heterocycles. The quantitative estimate of drug-likeness (QED) is 0.862. The topological polar surface area (TPSA) is 24.9 Å². The zero-order chi connectivity index (χ0) is 11.8. The zero-order valence-electron chi connectivity index (χ0n) is 8.88. The second-order valence-corrected chi connectivity index (χ2v) is 4.28. The lowest BCUT2D eigenvalue weighted by atomic mass is 10.2. The van der Waals surface area contributed by atoms with E-state index in [0.29, 0.717) is 11.7 Å². The highest BCUT2D eigenvalue weighted by atomic mass is 19.4. The van der Waals surface area contributed by atoms with Gasteiger partial charge >= 0.3 is 6.18 Å². The number of nitrogens with one attached hydrogen (secondary N) is 1. The number of hydrogen-bond donors (Lipinski definition) is 1. The van der Waals surface area contributed by atoms with Crippen LogP contribution in [0.1, 0.15) is 18.9 Å². The molecule has 1 aliphatic carbocycles. The average Bonchev–Trinajstić information content (AvgIpc) is 2.91. The van der Waals surface area contributed by atoms with Crippen LogP contribution in [0.4, 0.5) is 19.0 Å². The largest absolute Gasteiger partial charge is 0.417 e. The average molecular weight is 230 g/mol. The van der Waals surface area contributed by atoms with Gasteiger partial charge in [0.1, 0.15) is 5.82 Å². The minimum Gasteiger partial charge on any atom is -0.370 e. The maximum absolute atomic E-state index is 12.2. The molecule has 1 fully saturated rings. The molecular weight excluding hydrogens is 217 g/mol. The van der Waals surface area contributed by atoms with Gasteiger partial charge in [0.05, 0.1) is 5.56 Å². The molecule has 2 unspecified atom stereocenters. The van der Waals surface area contributed by atoms with Crippen molar-refractivity contribution in [2.24, 2.45) is 11.8 Å². The van der Waals surface area contributed by atoms with E-state index in [-0.39, 0.29) is 0 Å². The van der Waals surface area contributed by atoms with Crippen molar-refractivity contribution in [3.8, 4) is 0 Å². The molecule has 1 aliphatic rings. The van der Waals surface area contributed by atoms with Crippen molar-refractivity contribution in [3.63, 3.8) is 0 Å². The second-order valence-electron chi connectivity index (χ2n) is 4.28. The normalized spacial score (nSPS) is 24.2. The molecule has 88 valence electrons. The van der Waals surface area contributed by atoms with Crippen molar-refractivity contribution < 1.29 is 13.2 Å². The van der Waals surface area contributed by atoms with E-state index >= 15 is 0 Å². The van der Waals surface area contributed by atoms with Crippen molar-refractivity contribution >= 4 is 5.82 Å². The van der Waals surface area contributed by atoms with Gasteiger partial charge in [-0.3, -0.25) is 0 Å². The Morgan fingerprint density at radius 2 is 2.12 bits per heavy atom. The van der Waals surface area contributed by atoms with E-state index in [1.165, 1.54) is 12.5 Å². The monoisotopic (exact) mass is 230 g/mol. The number of nitrogens with zero attached hydrogens (tertiary/aromatic N) is 1. The van der Waals surface area contributed by atoms with Crippen LogP contribution in [0.3, 0.4) is 0 Å². The van der Waals surface area contributed by atoms with E-state index in [0.717, 1.165) is 24.7 Å². The van der Waals surface area contributed by atoms with Crippen LogP contribution < -0.4 is 5.32 Å². The number of rotatable bonds is 3. The molecule has 1 aromatic heterocycles. The molecule has 1 N–H and O–H groups in total. The summed E-state index contributed by atoms with van der Waals surface area (Å²) in [5.74, 6) is 1.87. The van der Waals surface area contributed by atoms with Gasteiger partial charge in [-0.25, -0.2) is 4.98 Å². The van der Waals surface area contributed by atoms with Gasteiger partial charge < -0.3 is 5.32 Å². The van der Waals surface area contributed by atoms with Gasteiger partial charge in [0.15, 0.2) is 0 Å². The lowest BCUT2D eigenvalue weighted by molar-refractivity contribution is -0.137. The van der Waals surface area contributed by atoms with E-state index in [1.807, 2.05) is 0 Å². The fourth-order valence-electron chi connectivity index (χ4n) is 1.59. The van der Waals surface area contributed by atoms with Gasteiger partial charge in [-0.15, -0.1) is 0 Å². The van der Waals surface area contributed by atoms with Crippen LogP contribution in [0, 0.1) is 11.8 Å². The summed E-state index contributed by atoms with van der Waals surface area (Å²) in [5, 5.41) is 3.04. The molecule has 1 saturated carbocycles. The molecule has 0 amide bonds. The summed E-state index contributed by atoms with van der Waals surface area (Å²) in [4.78, 5) is 3.74. The van der Waals surface area contributed by atoms with Crippen molar-refractivity contribution in [2.45, 2.75) is 19.5 Å². The summed E-state index contributed by atoms with van der Waals surface area (Å²) < 4.78 is 36.7. The molecule has 5 heteroatoms. The Morgan fingerprint density at radius 1 is 1.44 bits per heavy atom. The first-order chi connectivity index (χ1) is 7.47. The predicted octanol–water partition coefficient (Wildman–Crippen LogP) is 3.17. The number of aromatic nitrogens is 1. The Kier molecular flexibility index (Phi) is 2.78. The highest BCUT2D eigenvalue weighted by molar-refractivity contribution is 5.36. The van der Waals surface area contributed by atoms with Crippen LogP contribution in [-0.4, -0.2) is 11.5 Å². The fourth-order valence-corrected chi connectivity index (χ4v) is 1.59. The van der Waals surface area contributed by atoms with Gasteiger partial charge in [0.25, 0.3) is 0 Å². The van der Waals surface area contributed by atoms with E-state index in [9.17, 15) is 13.2 Å². The Labute approximate surface area is 91.9 Å². The van der Waals surface area contributed by atoms with Crippen LogP contribution in [0.15, 0.2) is 18.3 Å². The zero-order valence-corrected chi connectivity index (χ0v) is 8.88. The van der Waals surface area contributed by atoms with Crippen LogP contribution in [0.25, 0.3) is 0 Å². The van der Waals surface area contributed by atoms with Crippen molar-refractivity contribution in [1.82, 2.24) is 4.98 Å². The first kappa shape index (κ1) is 11.2. The number of hydrogen-bond acceptors (Lipinski definition) is 2. The molecule has 0 bridgehead atoms. The highest BCUT2D eigenvalue weighted by Crippen LogP contribution is 2.37. The van der Waals surface area contributed by atoms with E-state index < -0.39 is 11.7 Å². The van der Waals surface area contributed by atoms with E-state index in [4.69, 9.17) is 0 Å². The Balaban J connectivity index is 1.91. The number of anilines is 1. The molecule has 0 saturated heterocycles. The minimum atomic E-state index is -4.31. The summed E-state index contributed by atoms with van der Waals surface area (Å²) in [6.45, 7) is 2.95. The molecule has 1 heterocycles. The third-order valence-electron chi connectivity index (χ3n) is 2.91. The predicted molar refractivity (Wildman–Crippen MR) is 55.0 cm³/mol. The van der Waals surface area contributed by atoms with Gasteiger partial charge in [-0.1, -0.05) is 6.92 Å². The number of halogens is 3. The van der Waals surface area contributed by atoms with Gasteiger partial charge in [-0.2, -0.15) is 13.2 Å². The summed E-state index contributed by atoms with van der Waals surface area (Å²) in [6, 6.07) is 2.42. The standard InChI is InChI=1S/C11H13F3N2/c1-7-4-8(7)5-15-10-3-2-9(6-16-10)11(12,13)14/h2-3,6-8H,4-5H2,1H3,(H,15,16). The first-order valence-electron chi connectivity index (χ1n) is 5.24. The third kappa shape index (κ3) is 2.65. The lowest BCUT2D eigenvalue weighted by Crippen LogP contribution is -2.08. The van der Waals surface area contributed by atoms with Crippen molar-refractivity contribution in [3.05, 3.63) is 23.9 Å². The van der Waals surface area contributed by atoms with Crippen molar-refractivity contribution in [1.29, 1.82) is 0 Å². The number of pyridine rings is 1. The molecule has 2 atom stereocenters. The van der Waals surface area contributed by atoms with Gasteiger partial charge in [0, 0.05) is 12.7 Å². The fraction of sp³-hybridized carbons (Fsp3) is 0.545. The van der Waals surface area contributed by atoms with Crippen LogP contribution in [-0.2, 0) is 6.18 Å². The Hall–Kier alpha value is -1.26.